The average molecular weight is 340 g/mol. The van der Waals surface area contributed by atoms with E-state index in [2.05, 4.69) is 15.4 Å². The second-order valence-corrected chi connectivity index (χ2v) is 5.93. The number of nitrogens with one attached hydrogen (secondary N) is 1. The first-order chi connectivity index (χ1) is 11.9. The van der Waals surface area contributed by atoms with Crippen LogP contribution in [0.1, 0.15) is 17.2 Å². The molecule has 0 unspecified atom stereocenters. The molecule has 0 bridgehead atoms. The van der Waals surface area contributed by atoms with E-state index in [-0.39, 0.29) is 18.1 Å². The highest BCUT2D eigenvalue weighted by atomic mass is 16.2. The molecule has 0 fully saturated rings. The average Bonchev–Trinajstić information content (AvgIpc) is 3.03. The summed E-state index contributed by atoms with van der Waals surface area (Å²) in [6.45, 7) is 5.56. The lowest BCUT2D eigenvalue weighted by atomic mass is 10.2. The molecule has 0 saturated heterocycles. The maximum absolute atomic E-state index is 12.1. The van der Waals surface area contributed by atoms with Crippen molar-refractivity contribution in [2.75, 3.05) is 5.32 Å². The quantitative estimate of drug-likeness (QED) is 0.776. The highest BCUT2D eigenvalue weighted by Crippen LogP contribution is 2.16. The fourth-order valence-corrected chi connectivity index (χ4v) is 2.50. The number of aryl methyl sites for hydroxylation is 2. The van der Waals surface area contributed by atoms with Crippen LogP contribution < -0.4 is 11.0 Å². The highest BCUT2D eigenvalue weighted by molar-refractivity contribution is 5.90. The van der Waals surface area contributed by atoms with Gasteiger partial charge in [-0.1, -0.05) is 0 Å². The third-order valence-corrected chi connectivity index (χ3v) is 4.23. The van der Waals surface area contributed by atoms with Gasteiger partial charge in [0.1, 0.15) is 12.4 Å². The van der Waals surface area contributed by atoms with Crippen LogP contribution in [0.15, 0.2) is 35.4 Å². The van der Waals surface area contributed by atoms with Crippen LogP contribution in [0.3, 0.4) is 0 Å². The maximum atomic E-state index is 12.1. The number of carbonyl (C=O) groups excluding carboxylic acids is 1. The Morgan fingerprint density at radius 1 is 1.16 bits per heavy atom. The normalized spacial score (nSPS) is 10.9. The number of anilines is 1. The summed E-state index contributed by atoms with van der Waals surface area (Å²) in [5, 5.41) is 6.83. The molecule has 2 aromatic heterocycles. The molecular weight excluding hydrogens is 320 g/mol. The van der Waals surface area contributed by atoms with Crippen molar-refractivity contribution in [3.63, 3.8) is 0 Å². The number of rotatable bonds is 4. The van der Waals surface area contributed by atoms with Crippen LogP contribution >= 0.6 is 0 Å². The zero-order chi connectivity index (χ0) is 18.1. The molecule has 1 amide bonds. The molecule has 3 aromatic rings. The topological polar surface area (TPSA) is 86.7 Å². The Morgan fingerprint density at radius 2 is 1.84 bits per heavy atom. The van der Waals surface area contributed by atoms with E-state index in [1.165, 1.54) is 4.57 Å². The number of hydrogen-bond acceptors (Lipinski definition) is 4. The molecule has 0 aliphatic rings. The third kappa shape index (κ3) is 3.23. The van der Waals surface area contributed by atoms with Crippen molar-refractivity contribution in [1.29, 1.82) is 0 Å². The van der Waals surface area contributed by atoms with E-state index >= 15 is 0 Å². The first-order valence-electron chi connectivity index (χ1n) is 7.88. The fourth-order valence-electron chi connectivity index (χ4n) is 2.50. The van der Waals surface area contributed by atoms with Gasteiger partial charge in [0.2, 0.25) is 5.91 Å². The van der Waals surface area contributed by atoms with E-state index in [0.29, 0.717) is 11.5 Å². The predicted molar refractivity (Wildman–Crippen MR) is 93.9 cm³/mol. The molecule has 130 valence electrons. The molecule has 2 heterocycles. The first-order valence-corrected chi connectivity index (χ1v) is 7.88. The van der Waals surface area contributed by atoms with Crippen LogP contribution in [0.5, 0.6) is 0 Å². The summed E-state index contributed by atoms with van der Waals surface area (Å²) >= 11 is 0. The van der Waals surface area contributed by atoms with Crippen molar-refractivity contribution in [3.05, 3.63) is 58.3 Å². The zero-order valence-corrected chi connectivity index (χ0v) is 14.6. The molecule has 0 spiro atoms. The van der Waals surface area contributed by atoms with Gasteiger partial charge >= 0.3 is 5.69 Å². The Morgan fingerprint density at radius 3 is 2.36 bits per heavy atom. The number of benzene rings is 1. The molecule has 25 heavy (non-hydrogen) atoms. The van der Waals surface area contributed by atoms with Crippen molar-refractivity contribution in [2.45, 2.75) is 27.3 Å². The van der Waals surface area contributed by atoms with E-state index < -0.39 is 0 Å². The molecule has 1 N–H and O–H groups in total. The predicted octanol–water partition coefficient (Wildman–Crippen LogP) is 1.33. The van der Waals surface area contributed by atoms with Crippen LogP contribution in [-0.4, -0.2) is 29.8 Å². The molecule has 0 aliphatic carbocycles. The summed E-state index contributed by atoms with van der Waals surface area (Å²) in [4.78, 5) is 28.3. The van der Waals surface area contributed by atoms with Gasteiger partial charge in [0, 0.05) is 24.1 Å². The molecule has 8 nitrogen and oxygen atoms in total. The van der Waals surface area contributed by atoms with Gasteiger partial charge in [0.05, 0.1) is 12.0 Å². The third-order valence-electron chi connectivity index (χ3n) is 4.23. The molecule has 0 saturated carbocycles. The summed E-state index contributed by atoms with van der Waals surface area (Å²) in [5.74, 6) is 0.260. The lowest BCUT2D eigenvalue weighted by molar-refractivity contribution is -0.117. The minimum absolute atomic E-state index is 0.123. The monoisotopic (exact) mass is 340 g/mol. The van der Waals surface area contributed by atoms with Crippen LogP contribution in [0.4, 0.5) is 5.69 Å². The number of imidazole rings is 1. The lowest BCUT2D eigenvalue weighted by Gasteiger charge is -2.08. The van der Waals surface area contributed by atoms with Crippen LogP contribution in [0.2, 0.25) is 0 Å². The van der Waals surface area contributed by atoms with Crippen molar-refractivity contribution in [3.8, 4) is 5.69 Å². The van der Waals surface area contributed by atoms with Gasteiger partial charge in [-0.2, -0.15) is 5.10 Å². The van der Waals surface area contributed by atoms with Crippen LogP contribution in [-0.2, 0) is 18.4 Å². The minimum Gasteiger partial charge on any atom is -0.324 e. The summed E-state index contributed by atoms with van der Waals surface area (Å²) in [5.41, 5.74) is 3.36. The number of aromatic nitrogens is 5. The molecular formula is C17H20N6O2. The number of carbonyl (C=O) groups is 1. The molecule has 1 aromatic carbocycles. The van der Waals surface area contributed by atoms with E-state index in [1.54, 1.807) is 20.3 Å². The Hall–Kier alpha value is -3.16. The zero-order valence-electron chi connectivity index (χ0n) is 14.6. The van der Waals surface area contributed by atoms with Gasteiger partial charge < -0.3 is 9.88 Å². The Balaban J connectivity index is 1.71. The summed E-state index contributed by atoms with van der Waals surface area (Å²) in [6.07, 6.45) is 1.77. The fraction of sp³-hybridized carbons (Fsp3) is 0.294. The molecule has 0 radical (unpaired) electrons. The lowest BCUT2D eigenvalue weighted by Crippen LogP contribution is -2.29. The Labute approximate surface area is 144 Å². The van der Waals surface area contributed by atoms with Gasteiger partial charge in [-0.3, -0.25) is 9.36 Å². The Kier molecular flexibility index (Phi) is 4.26. The van der Waals surface area contributed by atoms with Crippen molar-refractivity contribution >= 4 is 11.6 Å². The molecule has 3 rings (SSSR count). The van der Waals surface area contributed by atoms with Crippen LogP contribution in [0.25, 0.3) is 5.69 Å². The standard InChI is InChI=1S/C17H20N6O2/c1-11-12(2)22(10-18-11)15-7-5-14(6-8-15)19-16(24)9-23-17(25)21(4)13(3)20-23/h5-8,10H,9H2,1-4H3,(H,19,24). The number of amides is 1. The molecule has 8 heteroatoms. The SMILES string of the molecule is Cc1ncn(-c2ccc(NC(=O)Cn3nc(C)n(C)c3=O)cc2)c1C. The second-order valence-electron chi connectivity index (χ2n) is 5.93. The van der Waals surface area contributed by atoms with Crippen molar-refractivity contribution in [1.82, 2.24) is 23.9 Å². The minimum atomic E-state index is -0.311. The van der Waals surface area contributed by atoms with Crippen molar-refractivity contribution in [2.24, 2.45) is 7.05 Å². The van der Waals surface area contributed by atoms with E-state index in [0.717, 1.165) is 21.8 Å². The van der Waals surface area contributed by atoms with Gasteiger partial charge in [-0.15, -0.1) is 0 Å². The van der Waals surface area contributed by atoms with Gasteiger partial charge in [0.25, 0.3) is 0 Å². The van der Waals surface area contributed by atoms with Gasteiger partial charge in [0.15, 0.2) is 0 Å². The van der Waals surface area contributed by atoms with E-state index in [1.807, 2.05) is 42.7 Å². The van der Waals surface area contributed by atoms with Gasteiger partial charge in [-0.05, 0) is 45.0 Å². The Bertz CT molecular complexity index is 978. The molecule has 0 atom stereocenters. The maximum Gasteiger partial charge on any atom is 0.346 e. The largest absolute Gasteiger partial charge is 0.346 e. The van der Waals surface area contributed by atoms with E-state index in [4.69, 9.17) is 0 Å². The number of nitrogens with zero attached hydrogens (tertiary/aromatic N) is 5. The van der Waals surface area contributed by atoms with Gasteiger partial charge in [-0.25, -0.2) is 14.5 Å². The number of hydrogen-bond donors (Lipinski definition) is 1. The summed E-state index contributed by atoms with van der Waals surface area (Å²) in [7, 11) is 1.62. The van der Waals surface area contributed by atoms with Crippen LogP contribution in [0, 0.1) is 20.8 Å². The van der Waals surface area contributed by atoms with Crippen molar-refractivity contribution < 1.29 is 4.79 Å². The van der Waals surface area contributed by atoms with E-state index in [9.17, 15) is 9.59 Å². The first kappa shape index (κ1) is 16.7. The second kappa shape index (κ2) is 6.39. The summed E-state index contributed by atoms with van der Waals surface area (Å²) < 4.78 is 4.53. The smallest absolute Gasteiger partial charge is 0.324 e. The summed E-state index contributed by atoms with van der Waals surface area (Å²) in [6, 6.07) is 7.44. The highest BCUT2D eigenvalue weighted by Gasteiger charge is 2.11. The molecule has 0 aliphatic heterocycles.